The van der Waals surface area contributed by atoms with Crippen LogP contribution in [-0.2, 0) is 0 Å². The Hall–Kier alpha value is -3.06. The van der Waals surface area contributed by atoms with E-state index < -0.39 is 0 Å². The van der Waals surface area contributed by atoms with Gasteiger partial charge in [0, 0.05) is 17.8 Å². The topological polar surface area (TPSA) is 54.2 Å². The lowest BCUT2D eigenvalue weighted by Crippen LogP contribution is -2.47. The Kier molecular flexibility index (Phi) is 5.87. The number of aromatic nitrogens is 2. The number of nitrogens with one attached hydrogen (secondary N) is 1. The second-order valence-corrected chi connectivity index (χ2v) is 8.62. The molecule has 0 fully saturated rings. The molecule has 0 spiro atoms. The second-order valence-electron chi connectivity index (χ2n) is 8.23. The van der Waals surface area contributed by atoms with Crippen LogP contribution >= 0.6 is 12.2 Å². The summed E-state index contributed by atoms with van der Waals surface area (Å²) in [5.74, 6) is 0.814. The first-order chi connectivity index (χ1) is 14.8. The lowest BCUT2D eigenvalue weighted by Gasteiger charge is -2.38. The Morgan fingerprint density at radius 1 is 1.16 bits per heavy atom. The fraction of sp³-hybridized carbons (Fsp3) is 0.292. The molecular weight excluding hydrogens is 411 g/mol. The molecule has 1 N–H and O–H groups in total. The van der Waals surface area contributed by atoms with Crippen LogP contribution in [0.1, 0.15) is 43.8 Å². The monoisotopic (exact) mass is 436 g/mol. The molecule has 2 aromatic carbocycles. The highest BCUT2D eigenvalue weighted by Gasteiger charge is 2.34. The van der Waals surface area contributed by atoms with Crippen LogP contribution in [0, 0.1) is 18.7 Å². The molecule has 1 aliphatic heterocycles. The van der Waals surface area contributed by atoms with Gasteiger partial charge in [-0.15, -0.1) is 0 Å². The third kappa shape index (κ3) is 4.37. The first-order valence-electron chi connectivity index (χ1n) is 10.3. The minimum Gasteiger partial charge on any atom is -0.351 e. The summed E-state index contributed by atoms with van der Waals surface area (Å²) in [7, 11) is 0. The summed E-state index contributed by atoms with van der Waals surface area (Å²) in [6.45, 7) is 9.15. The van der Waals surface area contributed by atoms with Gasteiger partial charge in [-0.25, -0.2) is 4.39 Å². The number of halogens is 1. The maximum Gasteiger partial charge on any atom is 0.258 e. The van der Waals surface area contributed by atoms with Gasteiger partial charge in [0.25, 0.3) is 5.89 Å². The Bertz CT molecular complexity index is 1140. The van der Waals surface area contributed by atoms with Gasteiger partial charge in [-0.1, -0.05) is 61.0 Å². The number of hydrogen-bond acceptors (Lipinski definition) is 4. The fourth-order valence-corrected chi connectivity index (χ4v) is 4.06. The van der Waals surface area contributed by atoms with Gasteiger partial charge in [0.2, 0.25) is 5.82 Å². The molecule has 0 bridgehead atoms. The van der Waals surface area contributed by atoms with Crippen molar-refractivity contribution in [2.45, 2.75) is 33.7 Å². The summed E-state index contributed by atoms with van der Waals surface area (Å²) in [6, 6.07) is 14.2. The van der Waals surface area contributed by atoms with Crippen molar-refractivity contribution in [1.82, 2.24) is 20.4 Å². The zero-order valence-electron chi connectivity index (χ0n) is 18.0. The van der Waals surface area contributed by atoms with Crippen LogP contribution in [0.2, 0.25) is 0 Å². The number of aryl methyl sites for hydroxylation is 1. The van der Waals surface area contributed by atoms with E-state index in [1.807, 2.05) is 6.92 Å². The SMILES string of the molecule is CC1=C(c2nc(-c3cccc(F)c3)no2)C(c2ccc(C)cc2)NC(=S)N1CC(C)C. The molecule has 1 atom stereocenters. The van der Waals surface area contributed by atoms with Crippen LogP contribution in [0.25, 0.3) is 17.0 Å². The largest absolute Gasteiger partial charge is 0.351 e. The number of allylic oxidation sites excluding steroid dienone is 1. The quantitative estimate of drug-likeness (QED) is 0.533. The van der Waals surface area contributed by atoms with Crippen molar-refractivity contribution in [2.75, 3.05) is 6.54 Å². The van der Waals surface area contributed by atoms with Gasteiger partial charge in [-0.3, -0.25) is 0 Å². The molecule has 0 radical (unpaired) electrons. The van der Waals surface area contributed by atoms with Crippen molar-refractivity contribution < 1.29 is 8.91 Å². The normalized spacial score (nSPS) is 16.8. The van der Waals surface area contributed by atoms with Gasteiger partial charge < -0.3 is 14.7 Å². The maximum atomic E-state index is 13.7. The first kappa shape index (κ1) is 21.2. The zero-order valence-corrected chi connectivity index (χ0v) is 18.8. The van der Waals surface area contributed by atoms with Crippen LogP contribution in [-0.4, -0.2) is 26.7 Å². The van der Waals surface area contributed by atoms with E-state index in [2.05, 4.69) is 65.4 Å². The molecule has 5 nitrogen and oxygen atoms in total. The second kappa shape index (κ2) is 8.59. The van der Waals surface area contributed by atoms with E-state index in [9.17, 15) is 4.39 Å². The lowest BCUT2D eigenvalue weighted by atomic mass is 9.94. The minimum atomic E-state index is -0.343. The average Bonchev–Trinajstić information content (AvgIpc) is 3.21. The van der Waals surface area contributed by atoms with Crippen LogP contribution in [0.4, 0.5) is 4.39 Å². The van der Waals surface area contributed by atoms with Crippen molar-refractivity contribution in [3.8, 4) is 11.4 Å². The fourth-order valence-electron chi connectivity index (χ4n) is 3.73. The van der Waals surface area contributed by atoms with E-state index >= 15 is 0 Å². The number of nitrogens with zero attached hydrogens (tertiary/aromatic N) is 3. The predicted octanol–water partition coefficient (Wildman–Crippen LogP) is 5.50. The molecule has 3 aromatic rings. The summed E-state index contributed by atoms with van der Waals surface area (Å²) in [5, 5.41) is 8.25. The van der Waals surface area contributed by atoms with Crippen molar-refractivity contribution in [3.05, 3.63) is 77.1 Å². The van der Waals surface area contributed by atoms with Crippen LogP contribution in [0.5, 0.6) is 0 Å². The van der Waals surface area contributed by atoms with Crippen LogP contribution in [0.3, 0.4) is 0 Å². The highest BCUT2D eigenvalue weighted by Crippen LogP contribution is 2.37. The Morgan fingerprint density at radius 3 is 2.58 bits per heavy atom. The highest BCUT2D eigenvalue weighted by molar-refractivity contribution is 7.80. The third-order valence-electron chi connectivity index (χ3n) is 5.29. The van der Waals surface area contributed by atoms with Crippen molar-refractivity contribution >= 4 is 22.9 Å². The van der Waals surface area contributed by atoms with Crippen molar-refractivity contribution in [1.29, 1.82) is 0 Å². The zero-order chi connectivity index (χ0) is 22.1. The van der Waals surface area contributed by atoms with E-state index in [-0.39, 0.29) is 11.9 Å². The summed E-state index contributed by atoms with van der Waals surface area (Å²) in [6.07, 6.45) is 0. The molecule has 7 heteroatoms. The number of rotatable bonds is 5. The smallest absolute Gasteiger partial charge is 0.258 e. The minimum absolute atomic E-state index is 0.225. The van der Waals surface area contributed by atoms with Gasteiger partial charge in [0.1, 0.15) is 5.82 Å². The molecule has 160 valence electrons. The molecule has 31 heavy (non-hydrogen) atoms. The molecule has 0 amide bonds. The molecule has 0 saturated heterocycles. The Balaban J connectivity index is 1.82. The van der Waals surface area contributed by atoms with Gasteiger partial charge in [0.05, 0.1) is 11.6 Å². The first-order valence-corrected chi connectivity index (χ1v) is 10.7. The van der Waals surface area contributed by atoms with Crippen LogP contribution in [0.15, 0.2) is 58.8 Å². The van der Waals surface area contributed by atoms with Crippen molar-refractivity contribution in [2.24, 2.45) is 5.92 Å². The summed E-state index contributed by atoms with van der Waals surface area (Å²) < 4.78 is 19.4. The number of thiocarbonyl (C=S) groups is 1. The molecule has 1 aliphatic rings. The third-order valence-corrected chi connectivity index (χ3v) is 5.63. The van der Waals surface area contributed by atoms with Crippen LogP contribution < -0.4 is 5.32 Å². The van der Waals surface area contributed by atoms with Gasteiger partial charge in [0.15, 0.2) is 5.11 Å². The number of hydrogen-bond donors (Lipinski definition) is 1. The maximum absolute atomic E-state index is 13.7. The van der Waals surface area contributed by atoms with Gasteiger partial charge in [-0.05, 0) is 49.7 Å². The van der Waals surface area contributed by atoms with Crippen molar-refractivity contribution in [3.63, 3.8) is 0 Å². The standard InChI is InChI=1S/C24H25FN4OS/c1-14(2)13-29-16(4)20(21(26-24(29)31)17-10-8-15(3)9-11-17)23-27-22(28-30-23)18-6-5-7-19(25)12-18/h5-12,14,21H,13H2,1-4H3,(H,26,31). The predicted molar refractivity (Wildman–Crippen MR) is 123 cm³/mol. The molecule has 0 saturated carbocycles. The highest BCUT2D eigenvalue weighted by atomic mass is 32.1. The molecule has 0 aliphatic carbocycles. The Morgan fingerprint density at radius 2 is 1.90 bits per heavy atom. The van der Waals surface area contributed by atoms with E-state index in [4.69, 9.17) is 16.7 Å². The van der Waals surface area contributed by atoms with Gasteiger partial charge in [-0.2, -0.15) is 4.98 Å². The summed E-state index contributed by atoms with van der Waals surface area (Å²) >= 11 is 5.70. The molecule has 1 unspecified atom stereocenters. The summed E-state index contributed by atoms with van der Waals surface area (Å²) in [5.41, 5.74) is 4.64. The van der Waals surface area contributed by atoms with E-state index in [1.54, 1.807) is 12.1 Å². The molecule has 4 rings (SSSR count). The average molecular weight is 437 g/mol. The van der Waals surface area contributed by atoms with E-state index in [1.165, 1.54) is 17.7 Å². The molecule has 1 aromatic heterocycles. The van der Waals surface area contributed by atoms with Gasteiger partial charge >= 0.3 is 0 Å². The summed E-state index contributed by atoms with van der Waals surface area (Å²) in [4.78, 5) is 6.69. The Labute approximate surface area is 187 Å². The molecule has 2 heterocycles. The molecular formula is C24H25FN4OS. The number of benzene rings is 2. The van der Waals surface area contributed by atoms with E-state index in [0.29, 0.717) is 28.3 Å². The van der Waals surface area contributed by atoms with E-state index in [0.717, 1.165) is 23.4 Å². The lowest BCUT2D eigenvalue weighted by molar-refractivity contribution is 0.386.